The van der Waals surface area contributed by atoms with Crippen LogP contribution in [0.1, 0.15) is 58.3 Å². The molecule has 2 amide bonds. The Labute approximate surface area is 127 Å². The summed E-state index contributed by atoms with van der Waals surface area (Å²) < 4.78 is 0. The number of carbonyl (C=O) groups excluding carboxylic acids is 2. The third-order valence-electron chi connectivity index (χ3n) is 5.34. The third-order valence-corrected chi connectivity index (χ3v) is 5.34. The van der Waals surface area contributed by atoms with Crippen LogP contribution in [0.2, 0.25) is 0 Å². The van der Waals surface area contributed by atoms with Crippen LogP contribution in [0.15, 0.2) is 0 Å². The molecule has 1 saturated carbocycles. The molecule has 4 nitrogen and oxygen atoms in total. The molecule has 3 aliphatic rings. The first kappa shape index (κ1) is 14.9. The van der Waals surface area contributed by atoms with Gasteiger partial charge in [0.2, 0.25) is 11.8 Å². The average molecular weight is 292 g/mol. The molecule has 0 aromatic carbocycles. The van der Waals surface area contributed by atoms with Crippen LogP contribution in [-0.4, -0.2) is 47.3 Å². The van der Waals surface area contributed by atoms with Gasteiger partial charge in [0.05, 0.1) is 5.92 Å². The second-order valence-electron chi connectivity index (χ2n) is 7.13. The molecule has 3 rings (SSSR count). The fraction of sp³-hybridized carbons (Fsp3) is 0.882. The lowest BCUT2D eigenvalue weighted by Crippen LogP contribution is -2.49. The monoisotopic (exact) mass is 292 g/mol. The number of hydrogen-bond donors (Lipinski definition) is 0. The standard InChI is InChI=1S/C17H28N2O2/c1-13-6-3-2-4-11-19(13)17(21)15-7-5-10-18(12-15)16(20)14-8-9-14/h13-15H,2-12H2,1H3/t13-,15-/m0/s1. The Hall–Kier alpha value is -1.06. The van der Waals surface area contributed by atoms with Crippen LogP contribution in [0.3, 0.4) is 0 Å². The summed E-state index contributed by atoms with van der Waals surface area (Å²) in [4.78, 5) is 29.1. The smallest absolute Gasteiger partial charge is 0.227 e. The van der Waals surface area contributed by atoms with E-state index in [1.54, 1.807) is 0 Å². The number of likely N-dealkylation sites (tertiary alicyclic amines) is 2. The second kappa shape index (κ2) is 6.37. The van der Waals surface area contributed by atoms with E-state index in [4.69, 9.17) is 0 Å². The molecule has 4 heteroatoms. The van der Waals surface area contributed by atoms with Crippen molar-refractivity contribution in [2.75, 3.05) is 19.6 Å². The van der Waals surface area contributed by atoms with E-state index in [2.05, 4.69) is 11.8 Å². The fourth-order valence-corrected chi connectivity index (χ4v) is 3.80. The molecular weight excluding hydrogens is 264 g/mol. The van der Waals surface area contributed by atoms with Crippen LogP contribution in [-0.2, 0) is 9.59 Å². The molecule has 1 aliphatic carbocycles. The Bertz CT molecular complexity index is 406. The van der Waals surface area contributed by atoms with Gasteiger partial charge in [0.25, 0.3) is 0 Å². The van der Waals surface area contributed by atoms with Crippen molar-refractivity contribution >= 4 is 11.8 Å². The van der Waals surface area contributed by atoms with Crippen LogP contribution < -0.4 is 0 Å². The lowest BCUT2D eigenvalue weighted by atomic mass is 9.95. The zero-order valence-corrected chi connectivity index (χ0v) is 13.2. The van der Waals surface area contributed by atoms with Crippen LogP contribution >= 0.6 is 0 Å². The summed E-state index contributed by atoms with van der Waals surface area (Å²) >= 11 is 0. The lowest BCUT2D eigenvalue weighted by molar-refractivity contribution is -0.142. The van der Waals surface area contributed by atoms with Crippen molar-refractivity contribution < 1.29 is 9.59 Å². The van der Waals surface area contributed by atoms with E-state index in [1.807, 2.05) is 4.90 Å². The lowest BCUT2D eigenvalue weighted by Gasteiger charge is -2.36. The highest BCUT2D eigenvalue weighted by Gasteiger charge is 2.38. The number of piperidine rings is 1. The molecule has 0 aromatic heterocycles. The van der Waals surface area contributed by atoms with Crippen molar-refractivity contribution in [1.29, 1.82) is 0 Å². The molecule has 0 bridgehead atoms. The second-order valence-corrected chi connectivity index (χ2v) is 7.13. The van der Waals surface area contributed by atoms with Crippen molar-refractivity contribution in [3.63, 3.8) is 0 Å². The number of amides is 2. The van der Waals surface area contributed by atoms with Gasteiger partial charge >= 0.3 is 0 Å². The molecule has 118 valence electrons. The summed E-state index contributed by atoms with van der Waals surface area (Å²) in [5, 5.41) is 0. The van der Waals surface area contributed by atoms with Crippen LogP contribution in [0.4, 0.5) is 0 Å². The van der Waals surface area contributed by atoms with Gasteiger partial charge in [-0.25, -0.2) is 0 Å². The van der Waals surface area contributed by atoms with Gasteiger partial charge in [0.1, 0.15) is 0 Å². The quantitative estimate of drug-likeness (QED) is 0.784. The van der Waals surface area contributed by atoms with Gasteiger partial charge in [0.15, 0.2) is 0 Å². The SMILES string of the molecule is C[C@H]1CCCCCN1C(=O)[C@H]1CCCN(C(=O)C2CC2)C1. The maximum atomic E-state index is 12.9. The molecular formula is C17H28N2O2. The van der Waals surface area contributed by atoms with Gasteiger partial charge in [-0.2, -0.15) is 0 Å². The zero-order valence-electron chi connectivity index (χ0n) is 13.2. The maximum Gasteiger partial charge on any atom is 0.227 e. The average Bonchev–Trinajstić information content (AvgIpc) is 3.34. The molecule has 21 heavy (non-hydrogen) atoms. The highest BCUT2D eigenvalue weighted by molar-refractivity contribution is 5.83. The topological polar surface area (TPSA) is 40.6 Å². The number of hydrogen-bond acceptors (Lipinski definition) is 2. The number of carbonyl (C=O) groups is 2. The summed E-state index contributed by atoms with van der Waals surface area (Å²) in [5.41, 5.74) is 0. The molecule has 3 fully saturated rings. The summed E-state index contributed by atoms with van der Waals surface area (Å²) in [6.07, 6.45) is 8.78. The van der Waals surface area contributed by atoms with Gasteiger partial charge in [-0.15, -0.1) is 0 Å². The minimum absolute atomic E-state index is 0.0435. The van der Waals surface area contributed by atoms with Crippen molar-refractivity contribution in [2.45, 2.75) is 64.3 Å². The first-order valence-electron chi connectivity index (χ1n) is 8.76. The summed E-state index contributed by atoms with van der Waals surface area (Å²) in [5.74, 6) is 0.923. The van der Waals surface area contributed by atoms with Gasteiger partial charge in [-0.05, 0) is 45.4 Å². The Morgan fingerprint density at radius 2 is 1.62 bits per heavy atom. The Morgan fingerprint density at radius 1 is 0.810 bits per heavy atom. The van der Waals surface area contributed by atoms with Gasteiger partial charge in [0, 0.05) is 31.6 Å². The predicted octanol–water partition coefficient (Wildman–Crippen LogP) is 2.43. The molecule has 2 saturated heterocycles. The van der Waals surface area contributed by atoms with Crippen LogP contribution in [0.5, 0.6) is 0 Å². The van der Waals surface area contributed by atoms with Crippen LogP contribution in [0, 0.1) is 11.8 Å². The van der Waals surface area contributed by atoms with E-state index >= 15 is 0 Å². The Kier molecular flexibility index (Phi) is 4.51. The van der Waals surface area contributed by atoms with Crippen molar-refractivity contribution in [2.24, 2.45) is 11.8 Å². The van der Waals surface area contributed by atoms with Crippen molar-refractivity contribution in [3.8, 4) is 0 Å². The Balaban J connectivity index is 1.61. The van der Waals surface area contributed by atoms with Crippen molar-refractivity contribution in [1.82, 2.24) is 9.80 Å². The molecule has 0 spiro atoms. The summed E-state index contributed by atoms with van der Waals surface area (Å²) in [6.45, 7) is 4.61. The van der Waals surface area contributed by atoms with Gasteiger partial charge in [-0.1, -0.05) is 12.8 Å². The van der Waals surface area contributed by atoms with Gasteiger partial charge < -0.3 is 9.80 Å². The molecule has 0 unspecified atom stereocenters. The van der Waals surface area contributed by atoms with E-state index < -0.39 is 0 Å². The minimum atomic E-state index is 0.0435. The number of nitrogens with zero attached hydrogens (tertiary/aromatic N) is 2. The van der Waals surface area contributed by atoms with E-state index in [9.17, 15) is 9.59 Å². The minimum Gasteiger partial charge on any atom is -0.342 e. The van der Waals surface area contributed by atoms with E-state index in [0.29, 0.717) is 24.4 Å². The molecule has 2 aliphatic heterocycles. The zero-order chi connectivity index (χ0) is 14.8. The van der Waals surface area contributed by atoms with Crippen molar-refractivity contribution in [3.05, 3.63) is 0 Å². The molecule has 0 radical (unpaired) electrons. The number of rotatable bonds is 2. The molecule has 0 N–H and O–H groups in total. The van der Waals surface area contributed by atoms with E-state index in [0.717, 1.165) is 51.6 Å². The predicted molar refractivity (Wildman–Crippen MR) is 81.7 cm³/mol. The van der Waals surface area contributed by atoms with E-state index in [1.165, 1.54) is 12.8 Å². The molecule has 2 heterocycles. The Morgan fingerprint density at radius 3 is 2.38 bits per heavy atom. The first-order chi connectivity index (χ1) is 10.2. The molecule has 0 aromatic rings. The normalized spacial score (nSPS) is 30.9. The van der Waals surface area contributed by atoms with Gasteiger partial charge in [-0.3, -0.25) is 9.59 Å². The largest absolute Gasteiger partial charge is 0.342 e. The fourth-order valence-electron chi connectivity index (χ4n) is 3.80. The third kappa shape index (κ3) is 3.41. The first-order valence-corrected chi connectivity index (χ1v) is 8.76. The highest BCUT2D eigenvalue weighted by Crippen LogP contribution is 2.33. The summed E-state index contributed by atoms with van der Waals surface area (Å²) in [6, 6.07) is 0.370. The maximum absolute atomic E-state index is 12.9. The summed E-state index contributed by atoms with van der Waals surface area (Å²) in [7, 11) is 0. The van der Waals surface area contributed by atoms with E-state index in [-0.39, 0.29) is 11.8 Å². The molecule has 2 atom stereocenters. The van der Waals surface area contributed by atoms with Crippen LogP contribution in [0.25, 0.3) is 0 Å². The highest BCUT2D eigenvalue weighted by atomic mass is 16.2.